The number of carbonyl (C=O) groups is 1. The molecule has 0 fully saturated rings. The van der Waals surface area contributed by atoms with E-state index in [1.165, 1.54) is 0 Å². The van der Waals surface area contributed by atoms with Crippen LogP contribution in [0.15, 0.2) is 53.1 Å². The van der Waals surface area contributed by atoms with Crippen molar-refractivity contribution in [1.29, 1.82) is 0 Å². The highest BCUT2D eigenvalue weighted by Crippen LogP contribution is 2.19. The van der Waals surface area contributed by atoms with Gasteiger partial charge in [-0.05, 0) is 48.4 Å². The molecule has 21 heavy (non-hydrogen) atoms. The molecule has 2 amide bonds. The Balaban J connectivity index is 1.94. The Morgan fingerprint density at radius 2 is 2.05 bits per heavy atom. The number of nitrogens with one attached hydrogen (secondary N) is 2. The third-order valence-electron chi connectivity index (χ3n) is 2.79. The van der Waals surface area contributed by atoms with Crippen LogP contribution in [-0.4, -0.2) is 6.03 Å². The topological polar surface area (TPSA) is 41.1 Å². The zero-order valence-electron chi connectivity index (χ0n) is 11.4. The maximum atomic E-state index is 11.8. The first-order chi connectivity index (χ1) is 10.0. The van der Waals surface area contributed by atoms with Gasteiger partial charge in [-0.3, -0.25) is 0 Å². The van der Waals surface area contributed by atoms with Crippen LogP contribution >= 0.6 is 27.5 Å². The summed E-state index contributed by atoms with van der Waals surface area (Å²) in [6, 6.07) is 12.8. The molecule has 0 aliphatic carbocycles. The first-order valence-electron chi connectivity index (χ1n) is 6.30. The number of aryl methyl sites for hydroxylation is 1. The second-order valence-electron chi connectivity index (χ2n) is 4.45. The van der Waals surface area contributed by atoms with Gasteiger partial charge in [-0.2, -0.15) is 0 Å². The third kappa shape index (κ3) is 4.92. The van der Waals surface area contributed by atoms with E-state index >= 15 is 0 Å². The smallest absolute Gasteiger partial charge is 0.314 e. The van der Waals surface area contributed by atoms with Crippen molar-refractivity contribution in [3.63, 3.8) is 0 Å². The first-order valence-corrected chi connectivity index (χ1v) is 7.47. The summed E-state index contributed by atoms with van der Waals surface area (Å²) < 4.78 is 0.989. The minimum Gasteiger partial charge on any atom is -0.314 e. The van der Waals surface area contributed by atoms with Crippen molar-refractivity contribution in [3.05, 3.63) is 69.3 Å². The van der Waals surface area contributed by atoms with Crippen LogP contribution in [0.1, 0.15) is 11.1 Å². The highest BCUT2D eigenvalue weighted by molar-refractivity contribution is 9.10. The van der Waals surface area contributed by atoms with Crippen LogP contribution in [-0.2, 0) is 0 Å². The molecule has 0 atom stereocenters. The van der Waals surface area contributed by atoms with E-state index in [-0.39, 0.29) is 6.03 Å². The minimum atomic E-state index is -0.313. The maximum Gasteiger partial charge on any atom is 0.323 e. The Labute approximate surface area is 137 Å². The molecule has 3 nitrogen and oxygen atoms in total. The van der Waals surface area contributed by atoms with Gasteiger partial charge >= 0.3 is 6.03 Å². The van der Waals surface area contributed by atoms with Gasteiger partial charge in [0.15, 0.2) is 0 Å². The van der Waals surface area contributed by atoms with E-state index in [9.17, 15) is 4.79 Å². The fraction of sp³-hybridized carbons (Fsp3) is 0.0625. The van der Waals surface area contributed by atoms with Crippen LogP contribution in [0.2, 0.25) is 5.02 Å². The van der Waals surface area contributed by atoms with Crippen molar-refractivity contribution in [3.8, 4) is 0 Å². The molecule has 5 heteroatoms. The van der Waals surface area contributed by atoms with E-state index in [0.29, 0.717) is 10.7 Å². The predicted molar refractivity (Wildman–Crippen MR) is 91.5 cm³/mol. The number of benzene rings is 2. The van der Waals surface area contributed by atoms with Crippen molar-refractivity contribution in [1.82, 2.24) is 5.32 Å². The highest BCUT2D eigenvalue weighted by Gasteiger charge is 2.03. The standard InChI is InChI=1S/C16H14BrClN2O/c1-11-5-6-14(18)10-15(11)20-16(21)19-8-7-12-3-2-4-13(17)9-12/h2-10H,1H3,(H2,19,20,21)/b8-7+. The van der Waals surface area contributed by atoms with E-state index < -0.39 is 0 Å². The number of carbonyl (C=O) groups excluding carboxylic acids is 1. The van der Waals surface area contributed by atoms with Crippen molar-refractivity contribution in [2.24, 2.45) is 0 Å². The fourth-order valence-corrected chi connectivity index (χ4v) is 2.30. The van der Waals surface area contributed by atoms with Crippen molar-refractivity contribution < 1.29 is 4.79 Å². The zero-order valence-corrected chi connectivity index (χ0v) is 13.7. The Morgan fingerprint density at radius 3 is 2.81 bits per heavy atom. The van der Waals surface area contributed by atoms with Gasteiger partial charge in [0.25, 0.3) is 0 Å². The number of rotatable bonds is 3. The molecule has 0 aliphatic heterocycles. The van der Waals surface area contributed by atoms with Gasteiger partial charge in [0.1, 0.15) is 0 Å². The SMILES string of the molecule is Cc1ccc(Cl)cc1NC(=O)N/C=C/c1cccc(Br)c1. The van der Waals surface area contributed by atoms with Crippen LogP contribution in [0.3, 0.4) is 0 Å². The molecule has 0 aromatic heterocycles. The lowest BCUT2D eigenvalue weighted by atomic mass is 10.2. The minimum absolute atomic E-state index is 0.313. The average molecular weight is 366 g/mol. The van der Waals surface area contributed by atoms with E-state index in [4.69, 9.17) is 11.6 Å². The lowest BCUT2D eigenvalue weighted by molar-refractivity contribution is 0.255. The van der Waals surface area contributed by atoms with Gasteiger partial charge in [0, 0.05) is 21.4 Å². The molecule has 0 bridgehead atoms. The highest BCUT2D eigenvalue weighted by atomic mass is 79.9. The summed E-state index contributed by atoms with van der Waals surface area (Å²) in [5, 5.41) is 5.99. The summed E-state index contributed by atoms with van der Waals surface area (Å²) in [6.45, 7) is 1.91. The summed E-state index contributed by atoms with van der Waals surface area (Å²) in [5.74, 6) is 0. The number of amides is 2. The number of halogens is 2. The molecule has 2 rings (SSSR count). The number of hydrogen-bond donors (Lipinski definition) is 2. The van der Waals surface area contributed by atoms with Crippen LogP contribution in [0.25, 0.3) is 6.08 Å². The zero-order chi connectivity index (χ0) is 15.2. The van der Waals surface area contributed by atoms with E-state index in [0.717, 1.165) is 15.6 Å². The van der Waals surface area contributed by atoms with Gasteiger partial charge in [-0.1, -0.05) is 45.7 Å². The van der Waals surface area contributed by atoms with Gasteiger partial charge in [0.2, 0.25) is 0 Å². The van der Waals surface area contributed by atoms with E-state index in [1.54, 1.807) is 18.3 Å². The quantitative estimate of drug-likeness (QED) is 0.771. The second-order valence-corrected chi connectivity index (χ2v) is 5.80. The molecule has 0 aliphatic rings. The Hall–Kier alpha value is -1.78. The number of anilines is 1. The average Bonchev–Trinajstić information content (AvgIpc) is 2.43. The summed E-state index contributed by atoms with van der Waals surface area (Å²) in [7, 11) is 0. The van der Waals surface area contributed by atoms with E-state index in [1.807, 2.05) is 43.3 Å². The van der Waals surface area contributed by atoms with Gasteiger partial charge in [0.05, 0.1) is 0 Å². The molecule has 0 saturated heterocycles. The molecule has 2 aromatic rings. The summed E-state index contributed by atoms with van der Waals surface area (Å²) in [5.41, 5.74) is 2.63. The monoisotopic (exact) mass is 364 g/mol. The lowest BCUT2D eigenvalue weighted by Crippen LogP contribution is -2.24. The van der Waals surface area contributed by atoms with Crippen LogP contribution in [0, 0.1) is 6.92 Å². The summed E-state index contributed by atoms with van der Waals surface area (Å²) in [6.07, 6.45) is 3.41. The Bertz CT molecular complexity index is 686. The molecule has 108 valence electrons. The normalized spacial score (nSPS) is 10.6. The molecule has 0 radical (unpaired) electrons. The van der Waals surface area contributed by atoms with E-state index in [2.05, 4.69) is 26.6 Å². The number of urea groups is 1. The maximum absolute atomic E-state index is 11.8. The summed E-state index contributed by atoms with van der Waals surface area (Å²) in [4.78, 5) is 11.8. The third-order valence-corrected chi connectivity index (χ3v) is 3.52. The van der Waals surface area contributed by atoms with Crippen LogP contribution in [0.5, 0.6) is 0 Å². The van der Waals surface area contributed by atoms with Crippen LogP contribution < -0.4 is 10.6 Å². The Morgan fingerprint density at radius 1 is 1.24 bits per heavy atom. The number of hydrogen-bond acceptors (Lipinski definition) is 1. The first kappa shape index (κ1) is 15.6. The molecule has 2 N–H and O–H groups in total. The largest absolute Gasteiger partial charge is 0.323 e. The molecule has 0 unspecified atom stereocenters. The molecular weight excluding hydrogens is 352 g/mol. The molecular formula is C16H14BrClN2O. The van der Waals surface area contributed by atoms with Crippen molar-refractivity contribution in [2.75, 3.05) is 5.32 Å². The second kappa shape index (κ2) is 7.29. The Kier molecular flexibility index (Phi) is 5.42. The van der Waals surface area contributed by atoms with Crippen LogP contribution in [0.4, 0.5) is 10.5 Å². The summed E-state index contributed by atoms with van der Waals surface area (Å²) >= 11 is 9.31. The lowest BCUT2D eigenvalue weighted by Gasteiger charge is -2.08. The van der Waals surface area contributed by atoms with Gasteiger partial charge in [-0.25, -0.2) is 4.79 Å². The fourth-order valence-electron chi connectivity index (χ4n) is 1.71. The molecule has 0 heterocycles. The molecule has 0 saturated carbocycles. The predicted octanol–water partition coefficient (Wildman–Crippen LogP) is 5.20. The molecule has 2 aromatic carbocycles. The van der Waals surface area contributed by atoms with Gasteiger partial charge < -0.3 is 10.6 Å². The van der Waals surface area contributed by atoms with Crippen molar-refractivity contribution >= 4 is 45.3 Å². The van der Waals surface area contributed by atoms with Crippen molar-refractivity contribution in [2.45, 2.75) is 6.92 Å². The van der Waals surface area contributed by atoms with Gasteiger partial charge in [-0.15, -0.1) is 0 Å². The molecule has 0 spiro atoms.